The van der Waals surface area contributed by atoms with Gasteiger partial charge >= 0.3 is 0 Å². The molecule has 8 nitrogen and oxygen atoms in total. The summed E-state index contributed by atoms with van der Waals surface area (Å²) in [5.41, 5.74) is 1.46. The van der Waals surface area contributed by atoms with Crippen LogP contribution in [-0.2, 0) is 0 Å². The number of halogens is 2. The molecule has 1 heterocycles. The maximum atomic E-state index is 13.0. The van der Waals surface area contributed by atoms with Gasteiger partial charge in [0.15, 0.2) is 0 Å². The number of aromatic nitrogens is 1. The average molecular weight is 463 g/mol. The molecule has 0 aliphatic rings. The summed E-state index contributed by atoms with van der Waals surface area (Å²) in [6, 6.07) is 9.94. The molecule has 0 aliphatic carbocycles. The van der Waals surface area contributed by atoms with Crippen LogP contribution in [0.1, 0.15) is 30.0 Å². The summed E-state index contributed by atoms with van der Waals surface area (Å²) >= 11 is 12.5. The van der Waals surface area contributed by atoms with E-state index in [9.17, 15) is 14.9 Å². The van der Waals surface area contributed by atoms with Gasteiger partial charge in [-0.15, -0.1) is 0 Å². The average Bonchev–Trinajstić information content (AvgIpc) is 3.11. The highest BCUT2D eigenvalue weighted by atomic mass is 35.5. The third-order valence-corrected chi connectivity index (χ3v) is 5.55. The van der Waals surface area contributed by atoms with Crippen LogP contribution in [0, 0.1) is 17.0 Å². The summed E-state index contributed by atoms with van der Waals surface area (Å²) in [5.74, 6) is -0.270. The van der Waals surface area contributed by atoms with Crippen molar-refractivity contribution in [2.75, 3.05) is 23.3 Å². The van der Waals surface area contributed by atoms with E-state index in [1.165, 1.54) is 12.1 Å². The zero-order chi connectivity index (χ0) is 22.7. The number of hydrogen-bond acceptors (Lipinski definition) is 6. The van der Waals surface area contributed by atoms with Gasteiger partial charge in [0, 0.05) is 36.1 Å². The van der Waals surface area contributed by atoms with E-state index in [1.54, 1.807) is 19.1 Å². The van der Waals surface area contributed by atoms with Crippen LogP contribution in [0.2, 0.25) is 10.0 Å². The monoisotopic (exact) mass is 462 g/mol. The van der Waals surface area contributed by atoms with E-state index in [4.69, 9.17) is 27.7 Å². The van der Waals surface area contributed by atoms with Crippen molar-refractivity contribution in [3.8, 4) is 11.3 Å². The number of amides is 1. The molecule has 10 heteroatoms. The Morgan fingerprint density at radius 1 is 1.16 bits per heavy atom. The zero-order valence-corrected chi connectivity index (χ0v) is 18.6. The van der Waals surface area contributed by atoms with Crippen LogP contribution in [0.15, 0.2) is 40.9 Å². The van der Waals surface area contributed by atoms with Crippen LogP contribution in [0.25, 0.3) is 11.3 Å². The normalized spacial score (nSPS) is 10.7. The van der Waals surface area contributed by atoms with E-state index in [0.29, 0.717) is 5.69 Å². The molecule has 2 aromatic carbocycles. The van der Waals surface area contributed by atoms with Gasteiger partial charge in [-0.05, 0) is 51.1 Å². The predicted octanol–water partition coefficient (Wildman–Crippen LogP) is 5.96. The highest BCUT2D eigenvalue weighted by Gasteiger charge is 2.28. The second kappa shape index (κ2) is 9.36. The second-order valence-corrected chi connectivity index (χ2v) is 7.43. The minimum Gasteiger partial charge on any atom is -0.372 e. The van der Waals surface area contributed by atoms with E-state index in [-0.39, 0.29) is 38.3 Å². The zero-order valence-electron chi connectivity index (χ0n) is 17.1. The Hall–Kier alpha value is -3.10. The van der Waals surface area contributed by atoms with Crippen LogP contribution in [0.3, 0.4) is 0 Å². The second-order valence-electron chi connectivity index (χ2n) is 6.65. The Labute approximate surface area is 188 Å². The number of nitrogens with one attached hydrogen (secondary N) is 1. The number of aryl methyl sites for hydroxylation is 1. The molecule has 0 radical (unpaired) electrons. The van der Waals surface area contributed by atoms with E-state index >= 15 is 0 Å². The van der Waals surface area contributed by atoms with E-state index in [1.807, 2.05) is 12.1 Å². The van der Waals surface area contributed by atoms with Crippen LogP contribution < -0.4 is 10.2 Å². The standard InChI is InChI=1S/C21H20Cl2N4O4/c1-4-26(5-2)14-8-6-13(7-9-14)24-21(28)17-12(3)31-25-20(17)18-15(22)10-11-16(19(18)23)27(29)30/h6-11H,4-5H2,1-3H3,(H,24,28). The number of rotatable bonds is 7. The quantitative estimate of drug-likeness (QED) is 0.343. The first-order valence-corrected chi connectivity index (χ1v) is 10.3. The van der Waals surface area contributed by atoms with Crippen LogP contribution in [0.4, 0.5) is 17.1 Å². The molecule has 162 valence electrons. The maximum Gasteiger partial charge on any atom is 0.288 e. The van der Waals surface area contributed by atoms with Gasteiger partial charge in [0.05, 0.1) is 9.95 Å². The van der Waals surface area contributed by atoms with Gasteiger partial charge < -0.3 is 14.7 Å². The number of nitrogens with zero attached hydrogens (tertiary/aromatic N) is 3. The third kappa shape index (κ3) is 4.50. The first kappa shape index (κ1) is 22.6. The molecule has 3 aromatic rings. The SMILES string of the molecule is CCN(CC)c1ccc(NC(=O)c2c(-c3c(Cl)ccc([N+](=O)[O-])c3Cl)noc2C)cc1. The number of benzene rings is 2. The maximum absolute atomic E-state index is 13.0. The van der Waals surface area contributed by atoms with Gasteiger partial charge in [0.1, 0.15) is 22.0 Å². The minimum atomic E-state index is -0.633. The van der Waals surface area contributed by atoms with Crippen molar-refractivity contribution in [2.24, 2.45) is 0 Å². The summed E-state index contributed by atoms with van der Waals surface area (Å²) in [7, 11) is 0. The van der Waals surface area contributed by atoms with Crippen LogP contribution in [-0.4, -0.2) is 29.1 Å². The Balaban J connectivity index is 1.96. The van der Waals surface area contributed by atoms with E-state index in [2.05, 4.69) is 29.2 Å². The first-order valence-electron chi connectivity index (χ1n) is 9.53. The van der Waals surface area contributed by atoms with Gasteiger partial charge in [0.2, 0.25) is 0 Å². The molecular formula is C21H20Cl2N4O4. The Morgan fingerprint density at radius 2 is 1.81 bits per heavy atom. The van der Waals surface area contributed by atoms with Gasteiger partial charge in [-0.25, -0.2) is 0 Å². The van der Waals surface area contributed by atoms with Gasteiger partial charge in [-0.1, -0.05) is 28.4 Å². The fourth-order valence-electron chi connectivity index (χ4n) is 3.25. The molecule has 0 saturated heterocycles. The van der Waals surface area contributed by atoms with Gasteiger partial charge in [0.25, 0.3) is 11.6 Å². The molecule has 0 spiro atoms. The summed E-state index contributed by atoms with van der Waals surface area (Å²) < 4.78 is 5.19. The lowest BCUT2D eigenvalue weighted by atomic mass is 10.0. The van der Waals surface area contributed by atoms with Gasteiger partial charge in [-0.3, -0.25) is 14.9 Å². The lowest BCUT2D eigenvalue weighted by Gasteiger charge is -2.21. The number of carbonyl (C=O) groups is 1. The van der Waals surface area contributed by atoms with Crippen molar-refractivity contribution < 1.29 is 14.2 Å². The molecule has 0 fully saturated rings. The van der Waals surface area contributed by atoms with Crippen molar-refractivity contribution in [1.82, 2.24) is 5.16 Å². The van der Waals surface area contributed by atoms with Crippen molar-refractivity contribution in [2.45, 2.75) is 20.8 Å². The molecule has 1 N–H and O–H groups in total. The molecule has 3 rings (SSSR count). The molecular weight excluding hydrogens is 443 g/mol. The molecule has 0 aliphatic heterocycles. The van der Waals surface area contributed by atoms with Crippen molar-refractivity contribution in [1.29, 1.82) is 0 Å². The minimum absolute atomic E-state index is 0.0356. The third-order valence-electron chi connectivity index (χ3n) is 4.85. The number of anilines is 2. The number of hydrogen-bond donors (Lipinski definition) is 1. The number of carbonyl (C=O) groups excluding carboxylic acids is 1. The lowest BCUT2D eigenvalue weighted by molar-refractivity contribution is -0.384. The summed E-state index contributed by atoms with van der Waals surface area (Å²) in [5, 5.41) is 17.8. The molecule has 0 bridgehead atoms. The van der Waals surface area contributed by atoms with E-state index < -0.39 is 10.8 Å². The number of nitro groups is 1. The van der Waals surface area contributed by atoms with Crippen molar-refractivity contribution in [3.05, 3.63) is 67.9 Å². The Morgan fingerprint density at radius 3 is 2.39 bits per heavy atom. The molecule has 0 saturated carbocycles. The molecule has 0 unspecified atom stereocenters. The highest BCUT2D eigenvalue weighted by molar-refractivity contribution is 6.40. The summed E-state index contributed by atoms with van der Waals surface area (Å²) in [6.45, 7) is 7.44. The van der Waals surface area contributed by atoms with Crippen LogP contribution >= 0.6 is 23.2 Å². The fourth-order valence-corrected chi connectivity index (χ4v) is 3.87. The topological polar surface area (TPSA) is 102 Å². The smallest absolute Gasteiger partial charge is 0.288 e. The number of nitro benzene ring substituents is 1. The summed E-state index contributed by atoms with van der Waals surface area (Å²) in [6.07, 6.45) is 0. The Kier molecular flexibility index (Phi) is 6.82. The largest absolute Gasteiger partial charge is 0.372 e. The van der Waals surface area contributed by atoms with Gasteiger partial charge in [-0.2, -0.15) is 0 Å². The fraction of sp³-hybridized carbons (Fsp3) is 0.238. The van der Waals surface area contributed by atoms with Crippen LogP contribution in [0.5, 0.6) is 0 Å². The predicted molar refractivity (Wildman–Crippen MR) is 121 cm³/mol. The Bertz CT molecular complexity index is 1130. The molecule has 0 atom stereocenters. The first-order chi connectivity index (χ1) is 14.8. The molecule has 1 amide bonds. The summed E-state index contributed by atoms with van der Waals surface area (Å²) in [4.78, 5) is 25.8. The molecule has 31 heavy (non-hydrogen) atoms. The lowest BCUT2D eigenvalue weighted by Crippen LogP contribution is -2.21. The van der Waals surface area contributed by atoms with Crippen molar-refractivity contribution >= 4 is 46.2 Å². The highest BCUT2D eigenvalue weighted by Crippen LogP contribution is 2.41. The molecule has 1 aromatic heterocycles. The van der Waals surface area contributed by atoms with Crippen molar-refractivity contribution in [3.63, 3.8) is 0 Å². The van der Waals surface area contributed by atoms with E-state index in [0.717, 1.165) is 18.8 Å².